The summed E-state index contributed by atoms with van der Waals surface area (Å²) in [6.45, 7) is 0. The number of ether oxygens (including phenoxy) is 1. The van der Waals surface area contributed by atoms with Crippen LogP contribution in [0.3, 0.4) is 0 Å². The van der Waals surface area contributed by atoms with Gasteiger partial charge in [0.1, 0.15) is 11.5 Å². The first-order valence-corrected chi connectivity index (χ1v) is 18.1. The summed E-state index contributed by atoms with van der Waals surface area (Å²) in [4.78, 5) is 4.75. The Morgan fingerprint density at radius 1 is 0.283 bits per heavy atom. The van der Waals surface area contributed by atoms with Crippen molar-refractivity contribution in [1.29, 1.82) is 0 Å². The van der Waals surface area contributed by atoms with Crippen LogP contribution >= 0.6 is 0 Å². The van der Waals surface area contributed by atoms with Gasteiger partial charge in [-0.1, -0.05) is 133 Å². The lowest BCUT2D eigenvalue weighted by molar-refractivity contribution is 0.493. The topological polar surface area (TPSA) is 15.7 Å². The SMILES string of the molecule is c1ccc(N(c2cc3c4c(ccc5ccc6c(N(c7ccccc7)c7cccc8ccccc78)ccc(c6c54)O3)c2)c2cccc3ccccc23)cc1. The van der Waals surface area contributed by atoms with Crippen molar-refractivity contribution in [1.82, 2.24) is 0 Å². The van der Waals surface area contributed by atoms with Crippen molar-refractivity contribution < 1.29 is 4.74 Å². The van der Waals surface area contributed by atoms with Crippen LogP contribution in [0.25, 0.3) is 53.9 Å². The van der Waals surface area contributed by atoms with Crippen molar-refractivity contribution in [2.24, 2.45) is 0 Å². The first kappa shape index (κ1) is 29.6. The fourth-order valence-electron chi connectivity index (χ4n) is 8.43. The van der Waals surface area contributed by atoms with Crippen LogP contribution < -0.4 is 14.5 Å². The van der Waals surface area contributed by atoms with E-state index >= 15 is 0 Å². The van der Waals surface area contributed by atoms with Crippen molar-refractivity contribution in [3.8, 4) is 11.5 Å². The minimum Gasteiger partial charge on any atom is -0.456 e. The first-order valence-electron chi connectivity index (χ1n) is 18.1. The Bertz CT molecular complexity index is 3040. The van der Waals surface area contributed by atoms with Crippen LogP contribution in [0.4, 0.5) is 34.1 Å². The standard InChI is InChI=1S/C50H32N2O/c1-3-17-37(18-4-1)51(43-23-11-15-33-13-7-9-21-40(33)43)39-31-36-26-25-35-27-28-42-45(29-30-46-50(42)49(35)48(36)47(32-39)53-46)52(38-19-5-2-6-20-38)44-24-12-16-34-14-8-10-22-41(34)44/h1-32H. The molecule has 248 valence electrons. The number of hydrogen-bond acceptors (Lipinski definition) is 3. The number of rotatable bonds is 6. The van der Waals surface area contributed by atoms with Crippen LogP contribution in [0.15, 0.2) is 194 Å². The minimum atomic E-state index is 0.867. The summed E-state index contributed by atoms with van der Waals surface area (Å²) in [7, 11) is 0. The largest absolute Gasteiger partial charge is 0.456 e. The summed E-state index contributed by atoms with van der Waals surface area (Å²) >= 11 is 0. The molecule has 0 atom stereocenters. The van der Waals surface area contributed by atoms with E-state index in [1.54, 1.807) is 0 Å². The Morgan fingerprint density at radius 2 is 0.830 bits per heavy atom. The molecule has 0 bridgehead atoms. The highest BCUT2D eigenvalue weighted by Crippen LogP contribution is 2.53. The van der Waals surface area contributed by atoms with Gasteiger partial charge in [0, 0.05) is 49.8 Å². The molecule has 0 unspecified atom stereocenters. The van der Waals surface area contributed by atoms with Crippen LogP contribution in [-0.2, 0) is 0 Å². The molecule has 0 aromatic heterocycles. The molecule has 10 aromatic carbocycles. The van der Waals surface area contributed by atoms with Crippen LogP contribution in [-0.4, -0.2) is 0 Å². The molecule has 1 aliphatic heterocycles. The van der Waals surface area contributed by atoms with Crippen molar-refractivity contribution in [3.05, 3.63) is 194 Å². The van der Waals surface area contributed by atoms with Gasteiger partial charge in [0.15, 0.2) is 0 Å². The zero-order chi connectivity index (χ0) is 34.9. The zero-order valence-corrected chi connectivity index (χ0v) is 28.8. The van der Waals surface area contributed by atoms with Gasteiger partial charge < -0.3 is 14.5 Å². The molecule has 3 heteroatoms. The smallest absolute Gasteiger partial charge is 0.138 e. The number of fused-ring (bicyclic) bond motifs is 2. The quantitative estimate of drug-likeness (QED) is 0.163. The van der Waals surface area contributed by atoms with E-state index in [2.05, 4.69) is 204 Å². The van der Waals surface area contributed by atoms with Crippen LogP contribution in [0.5, 0.6) is 11.5 Å². The second-order valence-electron chi connectivity index (χ2n) is 13.7. The van der Waals surface area contributed by atoms with Gasteiger partial charge in [0.25, 0.3) is 0 Å². The molecule has 1 aliphatic rings. The summed E-state index contributed by atoms with van der Waals surface area (Å²) in [6.07, 6.45) is 0. The van der Waals surface area contributed by atoms with Crippen molar-refractivity contribution in [2.75, 3.05) is 9.80 Å². The molecule has 0 saturated carbocycles. The lowest BCUT2D eigenvalue weighted by atomic mass is 9.92. The molecule has 10 aromatic rings. The molecule has 3 nitrogen and oxygen atoms in total. The third-order valence-corrected chi connectivity index (χ3v) is 10.7. The third kappa shape index (κ3) is 4.61. The summed E-state index contributed by atoms with van der Waals surface area (Å²) in [6, 6.07) is 69.6. The highest BCUT2D eigenvalue weighted by atomic mass is 16.5. The molecule has 0 fully saturated rings. The normalized spacial score (nSPS) is 11.9. The molecule has 53 heavy (non-hydrogen) atoms. The van der Waals surface area contributed by atoms with Crippen LogP contribution in [0.1, 0.15) is 0 Å². The van der Waals surface area contributed by atoms with E-state index in [4.69, 9.17) is 4.74 Å². The predicted octanol–water partition coefficient (Wildman–Crippen LogP) is 14.5. The van der Waals surface area contributed by atoms with Gasteiger partial charge in [0.2, 0.25) is 0 Å². The molecule has 0 N–H and O–H groups in total. The average Bonchev–Trinajstić information content (AvgIpc) is 3.22. The van der Waals surface area contributed by atoms with Gasteiger partial charge in [0.05, 0.1) is 22.7 Å². The van der Waals surface area contributed by atoms with Gasteiger partial charge in [-0.05, 0) is 76.1 Å². The van der Waals surface area contributed by atoms with Gasteiger partial charge in [-0.25, -0.2) is 0 Å². The van der Waals surface area contributed by atoms with E-state index in [1.165, 1.54) is 32.3 Å². The van der Waals surface area contributed by atoms with E-state index < -0.39 is 0 Å². The Labute approximate surface area is 307 Å². The van der Waals surface area contributed by atoms with Crippen molar-refractivity contribution >= 4 is 88.0 Å². The fourth-order valence-corrected chi connectivity index (χ4v) is 8.43. The zero-order valence-electron chi connectivity index (χ0n) is 28.8. The van der Waals surface area contributed by atoms with E-state index in [-0.39, 0.29) is 0 Å². The second-order valence-corrected chi connectivity index (χ2v) is 13.7. The highest BCUT2D eigenvalue weighted by Gasteiger charge is 2.26. The lowest BCUT2D eigenvalue weighted by Crippen LogP contribution is -2.12. The summed E-state index contributed by atoms with van der Waals surface area (Å²) in [5.41, 5.74) is 6.62. The number of hydrogen-bond donors (Lipinski definition) is 0. The van der Waals surface area contributed by atoms with E-state index in [1.807, 2.05) is 0 Å². The number of benzene rings is 10. The molecule has 0 amide bonds. The molecule has 0 radical (unpaired) electrons. The van der Waals surface area contributed by atoms with Gasteiger partial charge >= 0.3 is 0 Å². The van der Waals surface area contributed by atoms with Crippen molar-refractivity contribution in [2.45, 2.75) is 0 Å². The molecular weight excluding hydrogens is 645 g/mol. The average molecular weight is 677 g/mol. The summed E-state index contributed by atoms with van der Waals surface area (Å²) in [5.74, 6) is 1.74. The molecule has 0 saturated heterocycles. The summed E-state index contributed by atoms with van der Waals surface area (Å²) < 4.78 is 7.01. The molecule has 0 spiro atoms. The van der Waals surface area contributed by atoms with E-state index in [0.717, 1.165) is 67.2 Å². The molecule has 0 aliphatic carbocycles. The number of para-hydroxylation sites is 2. The maximum atomic E-state index is 7.01. The second kappa shape index (κ2) is 11.7. The van der Waals surface area contributed by atoms with Crippen LogP contribution in [0, 0.1) is 0 Å². The maximum absolute atomic E-state index is 7.01. The molecule has 11 rings (SSSR count). The van der Waals surface area contributed by atoms with E-state index in [0.29, 0.717) is 0 Å². The Balaban J connectivity index is 1.16. The third-order valence-electron chi connectivity index (χ3n) is 10.7. The number of nitrogens with zero attached hydrogens (tertiary/aromatic N) is 2. The fraction of sp³-hybridized carbons (Fsp3) is 0. The highest BCUT2D eigenvalue weighted by molar-refractivity contribution is 6.27. The summed E-state index contributed by atoms with van der Waals surface area (Å²) in [5, 5.41) is 11.8. The predicted molar refractivity (Wildman–Crippen MR) is 223 cm³/mol. The van der Waals surface area contributed by atoms with E-state index in [9.17, 15) is 0 Å². The van der Waals surface area contributed by atoms with Crippen molar-refractivity contribution in [3.63, 3.8) is 0 Å². The Kier molecular flexibility index (Phi) is 6.55. The van der Waals surface area contributed by atoms with Crippen LogP contribution in [0.2, 0.25) is 0 Å². The number of anilines is 6. The Hall–Kier alpha value is -7.10. The monoisotopic (exact) mass is 676 g/mol. The van der Waals surface area contributed by atoms with Gasteiger partial charge in [-0.3, -0.25) is 0 Å². The lowest BCUT2D eigenvalue weighted by Gasteiger charge is -2.30. The first-order chi connectivity index (χ1) is 26.3. The molecular formula is C50H32N2O. The molecule has 1 heterocycles. The maximum Gasteiger partial charge on any atom is 0.138 e. The minimum absolute atomic E-state index is 0.867. The Morgan fingerprint density at radius 3 is 1.53 bits per heavy atom. The van der Waals surface area contributed by atoms with Gasteiger partial charge in [-0.2, -0.15) is 0 Å². The van der Waals surface area contributed by atoms with Gasteiger partial charge in [-0.15, -0.1) is 0 Å².